The predicted molar refractivity (Wildman–Crippen MR) is 216 cm³/mol. The molecule has 0 spiro atoms. The standard InChI is InChI=1S/C41H56N4O9S/c1-40(2,3)53-37(46)29-52-26-25-51-24-23-50-22-21-49-20-19-48-18-17-45(39(47)54-41(4,5)6)36-16-13-32(28-42-36)30-9-11-31(12-10-30)38-43-34-15-14-33(44(7)8)27-35(34)55-38/h9-16,27-28H,17-26,29H2,1-8H3. The van der Waals surface area contributed by atoms with Crippen LogP contribution < -0.4 is 9.80 Å². The third-order valence-corrected chi connectivity index (χ3v) is 8.65. The van der Waals surface area contributed by atoms with Gasteiger partial charge in [0.1, 0.15) is 28.6 Å². The number of fused-ring (bicyclic) bond motifs is 1. The van der Waals surface area contributed by atoms with Crippen molar-refractivity contribution in [2.45, 2.75) is 52.7 Å². The van der Waals surface area contributed by atoms with E-state index in [1.54, 1.807) is 17.5 Å². The van der Waals surface area contributed by atoms with Crippen molar-refractivity contribution in [2.24, 2.45) is 0 Å². The van der Waals surface area contributed by atoms with E-state index in [1.807, 2.05) is 67.8 Å². The largest absolute Gasteiger partial charge is 0.458 e. The molecule has 13 nitrogen and oxygen atoms in total. The van der Waals surface area contributed by atoms with Gasteiger partial charge in [0, 0.05) is 37.1 Å². The van der Waals surface area contributed by atoms with Gasteiger partial charge in [-0.1, -0.05) is 24.3 Å². The molecule has 0 aliphatic rings. The Bertz CT molecular complexity index is 1770. The molecule has 2 heterocycles. The zero-order valence-electron chi connectivity index (χ0n) is 33.4. The number of esters is 1. The van der Waals surface area contributed by atoms with Crippen molar-refractivity contribution < 1.29 is 42.7 Å². The molecular weight excluding hydrogens is 725 g/mol. The molecule has 4 rings (SSSR count). The number of amides is 1. The van der Waals surface area contributed by atoms with E-state index in [2.05, 4.69) is 52.3 Å². The third-order valence-electron chi connectivity index (χ3n) is 7.58. The first kappa shape index (κ1) is 43.5. The minimum absolute atomic E-state index is 0.103. The zero-order valence-corrected chi connectivity index (χ0v) is 34.2. The number of hydrogen-bond donors (Lipinski definition) is 0. The van der Waals surface area contributed by atoms with Crippen molar-refractivity contribution in [2.75, 3.05) is 96.5 Å². The molecule has 0 radical (unpaired) electrons. The van der Waals surface area contributed by atoms with Gasteiger partial charge in [0.15, 0.2) is 0 Å². The Kier molecular flexibility index (Phi) is 16.8. The first-order chi connectivity index (χ1) is 26.2. The number of rotatable bonds is 21. The number of carbonyl (C=O) groups excluding carboxylic acids is 2. The molecule has 0 atom stereocenters. The highest BCUT2D eigenvalue weighted by atomic mass is 32.1. The fourth-order valence-corrected chi connectivity index (χ4v) is 6.02. The smallest absolute Gasteiger partial charge is 0.416 e. The van der Waals surface area contributed by atoms with E-state index in [0.29, 0.717) is 58.7 Å². The second-order valence-corrected chi connectivity index (χ2v) is 15.8. The lowest BCUT2D eigenvalue weighted by Crippen LogP contribution is -2.39. The number of benzene rings is 2. The van der Waals surface area contributed by atoms with E-state index in [1.165, 1.54) is 4.90 Å². The van der Waals surface area contributed by atoms with Crippen molar-refractivity contribution in [1.82, 2.24) is 9.97 Å². The Hall–Kier alpha value is -4.18. The number of hydrogen-bond acceptors (Lipinski definition) is 13. The van der Waals surface area contributed by atoms with Crippen LogP contribution in [0, 0.1) is 0 Å². The van der Waals surface area contributed by atoms with Gasteiger partial charge in [-0.15, -0.1) is 11.3 Å². The highest BCUT2D eigenvalue weighted by Crippen LogP contribution is 2.33. The maximum atomic E-state index is 13.2. The van der Waals surface area contributed by atoms with E-state index < -0.39 is 23.3 Å². The molecule has 300 valence electrons. The molecule has 2 aromatic heterocycles. The molecule has 0 N–H and O–H groups in total. The van der Waals surface area contributed by atoms with Crippen LogP contribution in [-0.2, 0) is 38.0 Å². The minimum atomic E-state index is -0.671. The molecule has 0 saturated carbocycles. The van der Waals surface area contributed by atoms with Crippen LogP contribution in [0.1, 0.15) is 41.5 Å². The zero-order chi connectivity index (χ0) is 39.8. The van der Waals surface area contributed by atoms with Crippen molar-refractivity contribution in [3.8, 4) is 21.7 Å². The first-order valence-corrected chi connectivity index (χ1v) is 19.3. The van der Waals surface area contributed by atoms with Crippen molar-refractivity contribution in [1.29, 1.82) is 0 Å². The van der Waals surface area contributed by atoms with Crippen LogP contribution in [0.15, 0.2) is 60.8 Å². The normalized spacial score (nSPS) is 11.9. The molecule has 2 aromatic carbocycles. The molecule has 4 aromatic rings. The molecule has 55 heavy (non-hydrogen) atoms. The van der Waals surface area contributed by atoms with E-state index in [-0.39, 0.29) is 19.8 Å². The lowest BCUT2D eigenvalue weighted by molar-refractivity contribution is -0.160. The van der Waals surface area contributed by atoms with Gasteiger partial charge < -0.3 is 38.1 Å². The average molecular weight is 781 g/mol. The molecule has 14 heteroatoms. The number of aromatic nitrogens is 2. The van der Waals surface area contributed by atoms with Crippen LogP contribution in [0.3, 0.4) is 0 Å². The quantitative estimate of drug-likeness (QED) is 0.0623. The SMILES string of the molecule is CN(C)c1ccc2nc(-c3ccc(-c4ccc(N(CCOCCOCCOCCOCCOCC(=O)OC(C)(C)C)C(=O)OC(C)(C)C)nc4)cc3)sc2c1. The van der Waals surface area contributed by atoms with Crippen molar-refractivity contribution >= 4 is 45.1 Å². The molecular formula is C41H56N4O9S. The van der Waals surface area contributed by atoms with E-state index in [0.717, 1.165) is 37.6 Å². The number of carbonyl (C=O) groups is 2. The molecule has 0 unspecified atom stereocenters. The number of thiazole rings is 1. The number of anilines is 2. The molecule has 0 fully saturated rings. The summed E-state index contributed by atoms with van der Waals surface area (Å²) in [6.45, 7) is 14.4. The summed E-state index contributed by atoms with van der Waals surface area (Å²) >= 11 is 1.68. The predicted octanol–water partition coefficient (Wildman–Crippen LogP) is 7.26. The van der Waals surface area contributed by atoms with Crippen LogP contribution >= 0.6 is 11.3 Å². The maximum Gasteiger partial charge on any atom is 0.416 e. The summed E-state index contributed by atoms with van der Waals surface area (Å²) in [6, 6.07) is 18.3. The number of ether oxygens (including phenoxy) is 7. The Morgan fingerprint density at radius 1 is 0.655 bits per heavy atom. The summed E-state index contributed by atoms with van der Waals surface area (Å²) in [6.07, 6.45) is 1.26. The van der Waals surface area contributed by atoms with E-state index in [9.17, 15) is 9.59 Å². The second-order valence-electron chi connectivity index (χ2n) is 14.8. The first-order valence-electron chi connectivity index (χ1n) is 18.4. The van der Waals surface area contributed by atoms with Crippen LogP contribution in [-0.4, -0.2) is 120 Å². The average Bonchev–Trinajstić information content (AvgIpc) is 3.55. The van der Waals surface area contributed by atoms with Gasteiger partial charge in [-0.3, -0.25) is 4.90 Å². The molecule has 0 aliphatic heterocycles. The fourth-order valence-electron chi connectivity index (χ4n) is 5.02. The number of pyridine rings is 1. The lowest BCUT2D eigenvalue weighted by atomic mass is 10.1. The maximum absolute atomic E-state index is 13.2. The summed E-state index contributed by atoms with van der Waals surface area (Å²) < 4.78 is 39.6. The third kappa shape index (κ3) is 15.5. The summed E-state index contributed by atoms with van der Waals surface area (Å²) in [4.78, 5) is 37.8. The van der Waals surface area contributed by atoms with Gasteiger partial charge in [-0.2, -0.15) is 0 Å². The fraction of sp³-hybridized carbons (Fsp3) is 0.512. The summed E-state index contributed by atoms with van der Waals surface area (Å²) in [5.74, 6) is 0.0677. The van der Waals surface area contributed by atoms with E-state index >= 15 is 0 Å². The van der Waals surface area contributed by atoms with Crippen LogP contribution in [0.25, 0.3) is 31.9 Å². The van der Waals surface area contributed by atoms with Gasteiger partial charge in [0.05, 0.1) is 76.2 Å². The van der Waals surface area contributed by atoms with Gasteiger partial charge >= 0.3 is 12.1 Å². The summed E-state index contributed by atoms with van der Waals surface area (Å²) in [5, 5.41) is 0.970. The molecule has 0 aliphatic carbocycles. The monoisotopic (exact) mass is 780 g/mol. The van der Waals surface area contributed by atoms with Gasteiger partial charge in [0.25, 0.3) is 0 Å². The summed E-state index contributed by atoms with van der Waals surface area (Å²) in [7, 11) is 4.07. The summed E-state index contributed by atoms with van der Waals surface area (Å²) in [5.41, 5.74) is 3.91. The Morgan fingerprint density at radius 2 is 1.20 bits per heavy atom. The lowest BCUT2D eigenvalue weighted by Gasteiger charge is -2.26. The van der Waals surface area contributed by atoms with Gasteiger partial charge in [0.2, 0.25) is 0 Å². The Balaban J connectivity index is 1.16. The highest BCUT2D eigenvalue weighted by Gasteiger charge is 2.24. The molecule has 0 saturated heterocycles. The molecule has 0 bridgehead atoms. The second kappa shape index (κ2) is 21.2. The van der Waals surface area contributed by atoms with Gasteiger partial charge in [-0.25, -0.2) is 19.6 Å². The topological polar surface area (TPSA) is 131 Å². The Labute approximate surface area is 328 Å². The Morgan fingerprint density at radius 3 is 1.75 bits per heavy atom. The highest BCUT2D eigenvalue weighted by molar-refractivity contribution is 7.21. The van der Waals surface area contributed by atoms with Crippen molar-refractivity contribution in [3.05, 3.63) is 60.8 Å². The van der Waals surface area contributed by atoms with Crippen LogP contribution in [0.4, 0.5) is 16.3 Å². The number of nitrogens with zero attached hydrogens (tertiary/aromatic N) is 4. The minimum Gasteiger partial charge on any atom is -0.458 e. The van der Waals surface area contributed by atoms with Gasteiger partial charge in [-0.05, 0) is 77.4 Å². The van der Waals surface area contributed by atoms with Crippen molar-refractivity contribution in [3.63, 3.8) is 0 Å². The van der Waals surface area contributed by atoms with Crippen LogP contribution in [0.5, 0.6) is 0 Å². The van der Waals surface area contributed by atoms with Crippen LogP contribution in [0.2, 0.25) is 0 Å². The molecule has 1 amide bonds. The van der Waals surface area contributed by atoms with E-state index in [4.69, 9.17) is 38.1 Å².